The van der Waals surface area contributed by atoms with Crippen LogP contribution in [0.5, 0.6) is 0 Å². The minimum absolute atomic E-state index is 0.537. The van der Waals surface area contributed by atoms with Crippen LogP contribution in [0.25, 0.3) is 0 Å². The topological polar surface area (TPSA) is 62.9 Å². The summed E-state index contributed by atoms with van der Waals surface area (Å²) in [6.07, 6.45) is 0. The van der Waals surface area contributed by atoms with Crippen LogP contribution in [0, 0.1) is 5.92 Å². The second-order valence-corrected chi connectivity index (χ2v) is 3.77. The average molecular weight is 216 g/mol. The Morgan fingerprint density at radius 3 is 2.60 bits per heavy atom. The lowest BCUT2D eigenvalue weighted by molar-refractivity contribution is 0.176. The molecule has 0 unspecified atom stereocenters. The number of hydrogen-bond donors (Lipinski definition) is 2. The standard InChI is InChI=1S/C10H24N4O/c1-5-14(6-7-15-4)10(13-11)12-8-9(2)3/h9H,5-8,11H2,1-4H3,(H,12,13). The van der Waals surface area contributed by atoms with E-state index in [1.807, 2.05) is 0 Å². The lowest BCUT2D eigenvalue weighted by Gasteiger charge is -2.23. The summed E-state index contributed by atoms with van der Waals surface area (Å²) in [6, 6.07) is 0. The summed E-state index contributed by atoms with van der Waals surface area (Å²) in [5.74, 6) is 6.72. The van der Waals surface area contributed by atoms with Crippen LogP contribution in [0.4, 0.5) is 0 Å². The fourth-order valence-corrected chi connectivity index (χ4v) is 1.12. The summed E-state index contributed by atoms with van der Waals surface area (Å²) >= 11 is 0. The molecule has 5 heteroatoms. The molecule has 0 amide bonds. The van der Waals surface area contributed by atoms with Crippen LogP contribution in [0.3, 0.4) is 0 Å². The van der Waals surface area contributed by atoms with E-state index < -0.39 is 0 Å². The summed E-state index contributed by atoms with van der Waals surface area (Å²) in [7, 11) is 1.69. The zero-order valence-corrected chi connectivity index (χ0v) is 10.3. The van der Waals surface area contributed by atoms with Gasteiger partial charge in [-0.15, -0.1) is 0 Å². The molecule has 0 heterocycles. The van der Waals surface area contributed by atoms with E-state index in [-0.39, 0.29) is 0 Å². The van der Waals surface area contributed by atoms with E-state index in [1.165, 1.54) is 0 Å². The molecule has 0 fully saturated rings. The predicted molar refractivity (Wildman–Crippen MR) is 63.6 cm³/mol. The van der Waals surface area contributed by atoms with Gasteiger partial charge in [-0.25, -0.2) is 5.84 Å². The van der Waals surface area contributed by atoms with Gasteiger partial charge in [0.1, 0.15) is 0 Å². The van der Waals surface area contributed by atoms with Crippen molar-refractivity contribution >= 4 is 5.96 Å². The molecule has 0 saturated carbocycles. The Morgan fingerprint density at radius 1 is 1.53 bits per heavy atom. The number of hydrazine groups is 1. The maximum absolute atomic E-state index is 5.44. The van der Waals surface area contributed by atoms with Crippen LogP contribution in [-0.2, 0) is 4.74 Å². The zero-order valence-electron chi connectivity index (χ0n) is 10.3. The summed E-state index contributed by atoms with van der Waals surface area (Å²) in [5.41, 5.74) is 2.64. The fourth-order valence-electron chi connectivity index (χ4n) is 1.12. The van der Waals surface area contributed by atoms with Crippen LogP contribution in [0.2, 0.25) is 0 Å². The molecular formula is C10H24N4O. The molecule has 0 bridgehead atoms. The van der Waals surface area contributed by atoms with E-state index in [2.05, 4.69) is 36.1 Å². The maximum Gasteiger partial charge on any atom is 0.208 e. The number of nitrogens with two attached hydrogens (primary N) is 1. The van der Waals surface area contributed by atoms with E-state index in [1.54, 1.807) is 7.11 Å². The van der Waals surface area contributed by atoms with Gasteiger partial charge >= 0.3 is 0 Å². The van der Waals surface area contributed by atoms with Crippen LogP contribution >= 0.6 is 0 Å². The van der Waals surface area contributed by atoms with Crippen molar-refractivity contribution in [2.45, 2.75) is 20.8 Å². The molecule has 0 rings (SSSR count). The van der Waals surface area contributed by atoms with Crippen molar-refractivity contribution in [1.82, 2.24) is 10.3 Å². The first-order valence-electron chi connectivity index (χ1n) is 5.40. The molecule has 0 atom stereocenters. The smallest absolute Gasteiger partial charge is 0.208 e. The number of methoxy groups -OCH3 is 1. The maximum atomic E-state index is 5.44. The molecule has 0 aliphatic rings. The van der Waals surface area contributed by atoms with Gasteiger partial charge in [-0.2, -0.15) is 0 Å². The van der Waals surface area contributed by atoms with Crippen molar-refractivity contribution in [1.29, 1.82) is 0 Å². The number of nitrogens with one attached hydrogen (secondary N) is 1. The predicted octanol–water partition coefficient (Wildman–Crippen LogP) is 0.430. The number of ether oxygens (including phenoxy) is 1. The third-order valence-corrected chi connectivity index (χ3v) is 1.98. The van der Waals surface area contributed by atoms with Gasteiger partial charge in [0.15, 0.2) is 0 Å². The van der Waals surface area contributed by atoms with Crippen molar-refractivity contribution in [3.8, 4) is 0 Å². The Morgan fingerprint density at radius 2 is 2.20 bits per heavy atom. The SMILES string of the molecule is CCN(CCOC)C(=NCC(C)C)NN. The molecular weight excluding hydrogens is 192 g/mol. The third kappa shape index (κ3) is 6.30. The van der Waals surface area contributed by atoms with Gasteiger partial charge in [0.2, 0.25) is 5.96 Å². The van der Waals surface area contributed by atoms with Crippen LogP contribution in [0.1, 0.15) is 20.8 Å². The molecule has 0 aromatic heterocycles. The molecule has 5 nitrogen and oxygen atoms in total. The first-order chi connectivity index (χ1) is 7.15. The minimum Gasteiger partial charge on any atom is -0.383 e. The Kier molecular flexibility index (Phi) is 8.04. The van der Waals surface area contributed by atoms with Gasteiger partial charge in [0.25, 0.3) is 0 Å². The van der Waals surface area contributed by atoms with Gasteiger partial charge in [-0.1, -0.05) is 13.8 Å². The Hall–Kier alpha value is -0.810. The average Bonchev–Trinajstić information content (AvgIpc) is 2.22. The summed E-state index contributed by atoms with van der Waals surface area (Å²) in [5, 5.41) is 0. The molecule has 0 saturated heterocycles. The van der Waals surface area contributed by atoms with E-state index in [9.17, 15) is 0 Å². The Balaban J connectivity index is 4.25. The molecule has 3 N–H and O–H groups in total. The van der Waals surface area contributed by atoms with Crippen molar-refractivity contribution in [2.24, 2.45) is 16.8 Å². The Labute approximate surface area is 92.7 Å². The second-order valence-electron chi connectivity index (χ2n) is 3.77. The van der Waals surface area contributed by atoms with Gasteiger partial charge in [0, 0.05) is 26.7 Å². The van der Waals surface area contributed by atoms with Crippen LogP contribution in [-0.4, -0.2) is 44.2 Å². The van der Waals surface area contributed by atoms with E-state index >= 15 is 0 Å². The largest absolute Gasteiger partial charge is 0.383 e. The molecule has 90 valence electrons. The highest BCUT2D eigenvalue weighted by atomic mass is 16.5. The monoisotopic (exact) mass is 216 g/mol. The normalized spacial score (nSPS) is 12.0. The highest BCUT2D eigenvalue weighted by Crippen LogP contribution is 1.95. The lowest BCUT2D eigenvalue weighted by Crippen LogP contribution is -2.46. The van der Waals surface area contributed by atoms with Crippen molar-refractivity contribution in [2.75, 3.05) is 33.4 Å². The first kappa shape index (κ1) is 14.2. The zero-order chi connectivity index (χ0) is 11.7. The molecule has 15 heavy (non-hydrogen) atoms. The van der Waals surface area contributed by atoms with Crippen LogP contribution < -0.4 is 11.3 Å². The third-order valence-electron chi connectivity index (χ3n) is 1.98. The van der Waals surface area contributed by atoms with E-state index in [0.717, 1.165) is 25.6 Å². The molecule has 0 radical (unpaired) electrons. The number of guanidine groups is 1. The van der Waals surface area contributed by atoms with E-state index in [4.69, 9.17) is 10.6 Å². The van der Waals surface area contributed by atoms with Crippen molar-refractivity contribution < 1.29 is 4.74 Å². The fraction of sp³-hybridized carbons (Fsp3) is 0.900. The quantitative estimate of drug-likeness (QED) is 0.292. The molecule has 0 aliphatic heterocycles. The summed E-state index contributed by atoms with van der Waals surface area (Å²) in [4.78, 5) is 6.48. The van der Waals surface area contributed by atoms with Gasteiger partial charge in [0.05, 0.1) is 6.61 Å². The summed E-state index contributed by atoms with van der Waals surface area (Å²) < 4.78 is 5.03. The number of hydrogen-bond acceptors (Lipinski definition) is 3. The highest BCUT2D eigenvalue weighted by Gasteiger charge is 2.07. The molecule has 0 aromatic rings. The number of likely N-dealkylation sites (N-methyl/N-ethyl adjacent to an activating group) is 1. The van der Waals surface area contributed by atoms with Crippen molar-refractivity contribution in [3.63, 3.8) is 0 Å². The van der Waals surface area contributed by atoms with Crippen molar-refractivity contribution in [3.05, 3.63) is 0 Å². The van der Waals surface area contributed by atoms with Gasteiger partial charge < -0.3 is 9.64 Å². The van der Waals surface area contributed by atoms with Gasteiger partial charge in [-0.3, -0.25) is 10.4 Å². The van der Waals surface area contributed by atoms with E-state index in [0.29, 0.717) is 12.5 Å². The molecule has 0 aromatic carbocycles. The lowest BCUT2D eigenvalue weighted by atomic mass is 10.2. The van der Waals surface area contributed by atoms with Crippen LogP contribution in [0.15, 0.2) is 4.99 Å². The minimum atomic E-state index is 0.537. The Bertz CT molecular complexity index is 182. The number of nitrogens with zero attached hydrogens (tertiary/aromatic N) is 2. The van der Waals surface area contributed by atoms with Gasteiger partial charge in [-0.05, 0) is 12.8 Å². The second kappa shape index (κ2) is 8.49. The molecule has 0 spiro atoms. The first-order valence-corrected chi connectivity index (χ1v) is 5.40. The number of aliphatic imine (C=N–C) groups is 1. The summed E-state index contributed by atoms with van der Waals surface area (Å²) in [6.45, 7) is 9.45. The highest BCUT2D eigenvalue weighted by molar-refractivity contribution is 5.79. The number of rotatable bonds is 6. The molecule has 0 aliphatic carbocycles.